The third-order valence-electron chi connectivity index (χ3n) is 10.4. The summed E-state index contributed by atoms with van der Waals surface area (Å²) >= 11 is 0. The first kappa shape index (κ1) is 34.4. The molecule has 0 aliphatic carbocycles. The molecule has 0 unspecified atom stereocenters. The molecule has 49 heavy (non-hydrogen) atoms. The van der Waals surface area contributed by atoms with Gasteiger partial charge in [-0.1, -0.05) is 12.1 Å². The molecule has 0 saturated carbocycles. The van der Waals surface area contributed by atoms with Crippen LogP contribution >= 0.6 is 0 Å². The van der Waals surface area contributed by atoms with Crippen molar-refractivity contribution in [2.24, 2.45) is 0 Å². The molecule has 3 aromatic carbocycles. The smallest absolute Gasteiger partial charge is 0.364 e. The van der Waals surface area contributed by atoms with E-state index in [9.17, 15) is 13.2 Å². The lowest BCUT2D eigenvalue weighted by Gasteiger charge is -2.40. The predicted molar refractivity (Wildman–Crippen MR) is 194 cm³/mol. The first-order valence-corrected chi connectivity index (χ1v) is 17.1. The number of anilines is 1. The Labute approximate surface area is 288 Å². The van der Waals surface area contributed by atoms with Crippen LogP contribution in [-0.2, 0) is 19.3 Å². The Morgan fingerprint density at radius 3 is 1.88 bits per heavy atom. The number of aromatic nitrogens is 2. The van der Waals surface area contributed by atoms with Crippen molar-refractivity contribution < 1.29 is 13.2 Å². The van der Waals surface area contributed by atoms with Gasteiger partial charge in [-0.15, -0.1) is 0 Å². The fourth-order valence-electron chi connectivity index (χ4n) is 6.97. The summed E-state index contributed by atoms with van der Waals surface area (Å²) in [7, 11) is 0. The van der Waals surface area contributed by atoms with E-state index in [1.165, 1.54) is 56.6 Å². The quantitative estimate of drug-likeness (QED) is 0.166. The van der Waals surface area contributed by atoms with Crippen molar-refractivity contribution in [3.8, 4) is 22.4 Å². The SMILES string of the molecule is Cc1cc(-c2cncc(CN3CCC(N(Cc4ccnc(-c5cc(C)c(C)c(C)c5)c4)c4ccc(C(F)(F)F)cc4)CC3)c2)cc(C)c1C. The molecule has 0 radical (unpaired) electrons. The van der Waals surface area contributed by atoms with Crippen LogP contribution in [0.2, 0.25) is 0 Å². The van der Waals surface area contributed by atoms with E-state index in [2.05, 4.69) is 97.7 Å². The largest absolute Gasteiger partial charge is 0.416 e. The standard InChI is InChI=1S/C42H45F3N4/c1-27-17-35(18-28(2)31(27)5)37-21-34(23-46-24-37)25-48-15-12-40(13-16-48)49(39-9-7-38(8-10-39)42(43,44)45)26-33-11-14-47-41(22-33)36-19-29(3)32(6)30(4)20-36/h7-11,14,17-24,40H,12-13,15-16,25-26H2,1-6H3. The maximum absolute atomic E-state index is 13.5. The fraction of sp³-hybridized carbons (Fsp3) is 0.333. The van der Waals surface area contributed by atoms with Crippen molar-refractivity contribution in [1.29, 1.82) is 0 Å². The molecular weight excluding hydrogens is 617 g/mol. The van der Waals surface area contributed by atoms with E-state index in [0.717, 1.165) is 60.5 Å². The van der Waals surface area contributed by atoms with E-state index in [1.54, 1.807) is 12.1 Å². The van der Waals surface area contributed by atoms with E-state index in [4.69, 9.17) is 0 Å². The summed E-state index contributed by atoms with van der Waals surface area (Å²) in [5.74, 6) is 0. The minimum absolute atomic E-state index is 0.177. The number of rotatable bonds is 8. The van der Waals surface area contributed by atoms with Crippen molar-refractivity contribution in [3.05, 3.63) is 135 Å². The van der Waals surface area contributed by atoms with E-state index in [1.807, 2.05) is 24.7 Å². The van der Waals surface area contributed by atoms with Crippen LogP contribution in [0.15, 0.2) is 85.3 Å². The van der Waals surface area contributed by atoms with Gasteiger partial charge in [-0.05, 0) is 159 Å². The highest BCUT2D eigenvalue weighted by Crippen LogP contribution is 2.34. The van der Waals surface area contributed by atoms with Gasteiger partial charge in [0.1, 0.15) is 0 Å². The van der Waals surface area contributed by atoms with Gasteiger partial charge in [0.15, 0.2) is 0 Å². The molecule has 0 amide bonds. The lowest BCUT2D eigenvalue weighted by atomic mass is 9.96. The van der Waals surface area contributed by atoms with E-state index >= 15 is 0 Å². The zero-order chi connectivity index (χ0) is 34.9. The zero-order valence-corrected chi connectivity index (χ0v) is 29.3. The highest BCUT2D eigenvalue weighted by atomic mass is 19.4. The Morgan fingerprint density at radius 1 is 0.694 bits per heavy atom. The van der Waals surface area contributed by atoms with Crippen LogP contribution in [0.4, 0.5) is 18.9 Å². The van der Waals surface area contributed by atoms with Crippen LogP contribution in [-0.4, -0.2) is 34.0 Å². The average molecular weight is 663 g/mol. The molecule has 1 aliphatic rings. The van der Waals surface area contributed by atoms with Gasteiger partial charge >= 0.3 is 6.18 Å². The van der Waals surface area contributed by atoms with Crippen molar-refractivity contribution in [1.82, 2.24) is 14.9 Å². The Balaban J connectivity index is 1.20. The van der Waals surface area contributed by atoms with Gasteiger partial charge in [0.05, 0.1) is 11.3 Å². The van der Waals surface area contributed by atoms with Gasteiger partial charge in [0.25, 0.3) is 0 Å². The highest BCUT2D eigenvalue weighted by Gasteiger charge is 2.31. The average Bonchev–Trinajstić information content (AvgIpc) is 3.08. The van der Waals surface area contributed by atoms with Gasteiger partial charge in [-0.25, -0.2) is 0 Å². The predicted octanol–water partition coefficient (Wildman–Crippen LogP) is 10.4. The summed E-state index contributed by atoms with van der Waals surface area (Å²) in [6, 6.07) is 21.0. The van der Waals surface area contributed by atoms with Crippen LogP contribution in [0.5, 0.6) is 0 Å². The number of halogens is 3. The molecule has 0 N–H and O–H groups in total. The van der Waals surface area contributed by atoms with Crippen LogP contribution in [0, 0.1) is 41.5 Å². The lowest BCUT2D eigenvalue weighted by Crippen LogP contribution is -2.44. The topological polar surface area (TPSA) is 32.3 Å². The van der Waals surface area contributed by atoms with E-state index in [-0.39, 0.29) is 6.04 Å². The highest BCUT2D eigenvalue weighted by molar-refractivity contribution is 5.66. The normalized spacial score (nSPS) is 14.3. The summed E-state index contributed by atoms with van der Waals surface area (Å²) < 4.78 is 40.4. The third-order valence-corrected chi connectivity index (χ3v) is 10.4. The number of likely N-dealkylation sites (tertiary alicyclic amines) is 1. The number of hydrogen-bond donors (Lipinski definition) is 0. The van der Waals surface area contributed by atoms with Gasteiger partial charge in [0, 0.05) is 67.6 Å². The second-order valence-electron chi connectivity index (χ2n) is 13.8. The number of alkyl halides is 3. The molecule has 2 aromatic heterocycles. The molecule has 1 fully saturated rings. The molecule has 254 valence electrons. The molecule has 6 rings (SSSR count). The second kappa shape index (κ2) is 14.2. The Morgan fingerprint density at radius 2 is 1.29 bits per heavy atom. The summed E-state index contributed by atoms with van der Waals surface area (Å²) in [6.07, 6.45) is 3.16. The van der Waals surface area contributed by atoms with Gasteiger partial charge < -0.3 is 4.90 Å². The maximum Gasteiger partial charge on any atom is 0.416 e. The van der Waals surface area contributed by atoms with Gasteiger partial charge in [0.2, 0.25) is 0 Å². The molecule has 0 spiro atoms. The zero-order valence-electron chi connectivity index (χ0n) is 29.3. The number of hydrogen-bond acceptors (Lipinski definition) is 4. The number of nitrogens with zero attached hydrogens (tertiary/aromatic N) is 4. The van der Waals surface area contributed by atoms with Crippen molar-refractivity contribution in [3.63, 3.8) is 0 Å². The first-order chi connectivity index (χ1) is 23.4. The van der Waals surface area contributed by atoms with Crippen LogP contribution in [0.3, 0.4) is 0 Å². The number of pyridine rings is 2. The Kier molecular flexibility index (Phi) is 9.94. The third kappa shape index (κ3) is 7.88. The maximum atomic E-state index is 13.5. The summed E-state index contributed by atoms with van der Waals surface area (Å²) in [4.78, 5) is 14.0. The molecule has 1 saturated heterocycles. The molecule has 0 bridgehead atoms. The molecule has 5 aromatic rings. The molecule has 1 aliphatic heterocycles. The monoisotopic (exact) mass is 662 g/mol. The van der Waals surface area contributed by atoms with Crippen molar-refractivity contribution in [2.75, 3.05) is 18.0 Å². The second-order valence-corrected chi connectivity index (χ2v) is 13.8. The van der Waals surface area contributed by atoms with Gasteiger partial charge in [-0.3, -0.25) is 14.9 Å². The van der Waals surface area contributed by atoms with Gasteiger partial charge in [-0.2, -0.15) is 13.2 Å². The molecule has 0 atom stereocenters. The molecule has 3 heterocycles. The number of aryl methyl sites for hydroxylation is 4. The molecule has 4 nitrogen and oxygen atoms in total. The fourth-order valence-corrected chi connectivity index (χ4v) is 6.97. The van der Waals surface area contributed by atoms with Crippen LogP contribution in [0.25, 0.3) is 22.4 Å². The summed E-state index contributed by atoms with van der Waals surface area (Å²) in [5, 5.41) is 0. The first-order valence-electron chi connectivity index (χ1n) is 17.1. The summed E-state index contributed by atoms with van der Waals surface area (Å²) in [5.41, 5.74) is 14.3. The van der Waals surface area contributed by atoms with E-state index in [0.29, 0.717) is 6.54 Å². The van der Waals surface area contributed by atoms with Crippen molar-refractivity contribution >= 4 is 5.69 Å². The van der Waals surface area contributed by atoms with Crippen LogP contribution in [0.1, 0.15) is 62.9 Å². The van der Waals surface area contributed by atoms with Crippen LogP contribution < -0.4 is 4.90 Å². The Hall–Kier alpha value is -4.49. The summed E-state index contributed by atoms with van der Waals surface area (Å²) in [6.45, 7) is 16.0. The molecular formula is C42H45F3N4. The Bertz CT molecular complexity index is 1890. The minimum Gasteiger partial charge on any atom is -0.364 e. The van der Waals surface area contributed by atoms with Crippen molar-refractivity contribution in [2.45, 2.75) is 79.7 Å². The lowest BCUT2D eigenvalue weighted by molar-refractivity contribution is -0.137. The van der Waals surface area contributed by atoms with E-state index < -0.39 is 11.7 Å². The molecule has 7 heteroatoms. The number of benzene rings is 3. The minimum atomic E-state index is -4.37. The number of piperidine rings is 1.